The van der Waals surface area contributed by atoms with E-state index in [-0.39, 0.29) is 5.75 Å². The van der Waals surface area contributed by atoms with Crippen molar-refractivity contribution in [1.82, 2.24) is 9.78 Å². The van der Waals surface area contributed by atoms with Crippen molar-refractivity contribution in [1.29, 1.82) is 0 Å². The molecule has 0 saturated heterocycles. The fourth-order valence-corrected chi connectivity index (χ4v) is 3.54. The molecule has 146 valence electrons. The molecule has 3 aromatic rings. The second kappa shape index (κ2) is 7.39. The number of rotatable bonds is 3. The number of ether oxygens (including phenoxy) is 1. The third-order valence-electron chi connectivity index (χ3n) is 4.54. The lowest BCUT2D eigenvalue weighted by Crippen LogP contribution is -2.17. The van der Waals surface area contributed by atoms with Crippen LogP contribution in [0.1, 0.15) is 18.4 Å². The van der Waals surface area contributed by atoms with Crippen molar-refractivity contribution in [2.75, 3.05) is 11.9 Å². The fourth-order valence-electron chi connectivity index (χ4n) is 3.35. The molecule has 0 radical (unpaired) electrons. The van der Waals surface area contributed by atoms with Crippen LogP contribution in [0.3, 0.4) is 0 Å². The molecule has 0 unspecified atom stereocenters. The summed E-state index contributed by atoms with van der Waals surface area (Å²) in [6, 6.07) is 13.2. The first-order valence-electron chi connectivity index (χ1n) is 8.88. The Labute approximate surface area is 164 Å². The van der Waals surface area contributed by atoms with Crippen LogP contribution in [0.15, 0.2) is 48.5 Å². The lowest BCUT2D eigenvalue weighted by atomic mass is 10.0. The predicted octanol–water partition coefficient (Wildman–Crippen LogP) is 5.84. The molecule has 1 aliphatic heterocycles. The molecule has 2 aromatic carbocycles. The van der Waals surface area contributed by atoms with E-state index in [1.54, 1.807) is 22.9 Å². The zero-order chi connectivity index (χ0) is 19.7. The Morgan fingerprint density at radius 3 is 2.57 bits per heavy atom. The standard InChI is InChI=1S/C20H17ClF3N3O/c21-14-5-3-4-13(12-14)18-17-6-1-2-11-25-19(17)27(26-18)15-7-9-16(10-8-15)28-20(22,23)24/h3-5,7-10,12,25H,1-2,6,11H2. The number of benzene rings is 2. The monoisotopic (exact) mass is 407 g/mol. The molecule has 0 bridgehead atoms. The minimum atomic E-state index is -4.72. The van der Waals surface area contributed by atoms with Gasteiger partial charge in [0.1, 0.15) is 11.6 Å². The molecule has 8 heteroatoms. The second-order valence-electron chi connectivity index (χ2n) is 6.52. The molecule has 0 aliphatic carbocycles. The summed E-state index contributed by atoms with van der Waals surface area (Å²) in [5, 5.41) is 8.78. The van der Waals surface area contributed by atoms with Gasteiger partial charge in [-0.1, -0.05) is 23.7 Å². The minimum absolute atomic E-state index is 0.266. The Morgan fingerprint density at radius 1 is 1.07 bits per heavy atom. The first kappa shape index (κ1) is 18.7. The third kappa shape index (κ3) is 3.94. The van der Waals surface area contributed by atoms with E-state index in [1.165, 1.54) is 12.1 Å². The highest BCUT2D eigenvalue weighted by atomic mass is 35.5. The van der Waals surface area contributed by atoms with Crippen LogP contribution >= 0.6 is 11.6 Å². The number of nitrogens with one attached hydrogen (secondary N) is 1. The summed E-state index contributed by atoms with van der Waals surface area (Å²) in [5.74, 6) is 0.592. The fraction of sp³-hybridized carbons (Fsp3) is 0.250. The lowest BCUT2D eigenvalue weighted by Gasteiger charge is -2.11. The number of aromatic nitrogens is 2. The first-order valence-corrected chi connectivity index (χ1v) is 9.26. The number of halogens is 4. The first-order chi connectivity index (χ1) is 13.4. The van der Waals surface area contributed by atoms with Gasteiger partial charge < -0.3 is 10.1 Å². The second-order valence-corrected chi connectivity index (χ2v) is 6.96. The van der Waals surface area contributed by atoms with E-state index in [1.807, 2.05) is 18.2 Å². The predicted molar refractivity (Wildman–Crippen MR) is 102 cm³/mol. The average Bonchev–Trinajstić information content (AvgIpc) is 2.82. The Morgan fingerprint density at radius 2 is 1.86 bits per heavy atom. The zero-order valence-corrected chi connectivity index (χ0v) is 15.5. The van der Waals surface area contributed by atoms with Gasteiger partial charge in [-0.25, -0.2) is 4.68 Å². The number of fused-ring (bicyclic) bond motifs is 1. The van der Waals surface area contributed by atoms with Gasteiger partial charge in [-0.3, -0.25) is 0 Å². The highest BCUT2D eigenvalue weighted by molar-refractivity contribution is 6.30. The van der Waals surface area contributed by atoms with Crippen LogP contribution in [0.25, 0.3) is 16.9 Å². The largest absolute Gasteiger partial charge is 0.573 e. The van der Waals surface area contributed by atoms with E-state index < -0.39 is 6.36 Å². The van der Waals surface area contributed by atoms with Gasteiger partial charge in [0.25, 0.3) is 0 Å². The summed E-state index contributed by atoms with van der Waals surface area (Å²) in [5.41, 5.74) is 3.45. The van der Waals surface area contributed by atoms with Crippen LogP contribution in [-0.4, -0.2) is 22.7 Å². The SMILES string of the molecule is FC(F)(F)Oc1ccc(-n2nc(-c3cccc(Cl)c3)c3c2NCCCC3)cc1. The van der Waals surface area contributed by atoms with Crippen LogP contribution in [-0.2, 0) is 6.42 Å². The quantitative estimate of drug-likeness (QED) is 0.592. The summed E-state index contributed by atoms with van der Waals surface area (Å²) < 4.78 is 42.9. The summed E-state index contributed by atoms with van der Waals surface area (Å²) in [6.07, 6.45) is -1.80. The van der Waals surface area contributed by atoms with Gasteiger partial charge in [0.15, 0.2) is 0 Å². The molecule has 0 fully saturated rings. The van der Waals surface area contributed by atoms with Crippen LogP contribution in [0.5, 0.6) is 5.75 Å². The van der Waals surface area contributed by atoms with E-state index in [9.17, 15) is 13.2 Å². The topological polar surface area (TPSA) is 39.1 Å². The molecule has 0 atom stereocenters. The summed E-state index contributed by atoms with van der Waals surface area (Å²) in [6.45, 7) is 0.808. The molecule has 0 saturated carbocycles. The van der Waals surface area contributed by atoms with Crippen molar-refractivity contribution >= 4 is 17.4 Å². The summed E-state index contributed by atoms with van der Waals surface area (Å²) >= 11 is 6.15. The van der Waals surface area contributed by atoms with Gasteiger partial charge in [0.2, 0.25) is 0 Å². The lowest BCUT2D eigenvalue weighted by molar-refractivity contribution is -0.274. The zero-order valence-electron chi connectivity index (χ0n) is 14.8. The maximum atomic E-state index is 12.4. The van der Waals surface area contributed by atoms with E-state index in [0.29, 0.717) is 10.7 Å². The van der Waals surface area contributed by atoms with Gasteiger partial charge in [-0.2, -0.15) is 5.10 Å². The van der Waals surface area contributed by atoms with Crippen molar-refractivity contribution in [2.24, 2.45) is 0 Å². The number of hydrogen-bond acceptors (Lipinski definition) is 3. The maximum Gasteiger partial charge on any atom is 0.573 e. The highest BCUT2D eigenvalue weighted by Crippen LogP contribution is 2.35. The molecule has 28 heavy (non-hydrogen) atoms. The molecule has 4 rings (SSSR count). The van der Waals surface area contributed by atoms with Gasteiger partial charge in [-0.15, -0.1) is 13.2 Å². The molecule has 1 aromatic heterocycles. The molecule has 0 amide bonds. The Hall–Kier alpha value is -2.67. The van der Waals surface area contributed by atoms with E-state index >= 15 is 0 Å². The van der Waals surface area contributed by atoms with Crippen LogP contribution in [0, 0.1) is 0 Å². The van der Waals surface area contributed by atoms with Gasteiger partial charge in [0.05, 0.1) is 11.4 Å². The van der Waals surface area contributed by atoms with Crippen LogP contribution in [0.2, 0.25) is 5.02 Å². The van der Waals surface area contributed by atoms with Gasteiger partial charge in [-0.05, 0) is 55.7 Å². The van der Waals surface area contributed by atoms with Crippen LogP contribution in [0.4, 0.5) is 19.0 Å². The van der Waals surface area contributed by atoms with Crippen LogP contribution < -0.4 is 10.1 Å². The Kier molecular flexibility index (Phi) is 4.93. The van der Waals surface area contributed by atoms with E-state index in [4.69, 9.17) is 16.7 Å². The molecule has 0 spiro atoms. The molecular formula is C20H17ClF3N3O. The molecule has 1 aliphatic rings. The van der Waals surface area contributed by atoms with Gasteiger partial charge in [0, 0.05) is 22.7 Å². The number of anilines is 1. The van der Waals surface area contributed by atoms with Crippen molar-refractivity contribution in [3.8, 4) is 22.7 Å². The van der Waals surface area contributed by atoms with E-state index in [2.05, 4.69) is 10.1 Å². The average molecular weight is 408 g/mol. The minimum Gasteiger partial charge on any atom is -0.406 e. The number of hydrogen-bond donors (Lipinski definition) is 1. The molecular weight excluding hydrogens is 391 g/mol. The number of alkyl halides is 3. The molecule has 2 heterocycles. The smallest absolute Gasteiger partial charge is 0.406 e. The molecule has 1 N–H and O–H groups in total. The van der Waals surface area contributed by atoms with Crippen molar-refractivity contribution in [3.05, 3.63) is 59.1 Å². The highest BCUT2D eigenvalue weighted by Gasteiger charge is 2.31. The van der Waals surface area contributed by atoms with E-state index in [0.717, 1.165) is 48.4 Å². The van der Waals surface area contributed by atoms with Crippen molar-refractivity contribution in [3.63, 3.8) is 0 Å². The maximum absolute atomic E-state index is 12.4. The summed E-state index contributed by atoms with van der Waals surface area (Å²) in [4.78, 5) is 0. The van der Waals surface area contributed by atoms with Crippen molar-refractivity contribution in [2.45, 2.75) is 25.6 Å². The molecule has 4 nitrogen and oxygen atoms in total. The van der Waals surface area contributed by atoms with Crippen molar-refractivity contribution < 1.29 is 17.9 Å². The Bertz CT molecular complexity index is 983. The normalized spacial score (nSPS) is 14.1. The Balaban J connectivity index is 1.77. The van der Waals surface area contributed by atoms with Gasteiger partial charge >= 0.3 is 6.36 Å². The summed E-state index contributed by atoms with van der Waals surface area (Å²) in [7, 11) is 0. The third-order valence-corrected chi connectivity index (χ3v) is 4.78. The number of nitrogens with zero attached hydrogens (tertiary/aromatic N) is 2.